The lowest BCUT2D eigenvalue weighted by Crippen LogP contribution is -2.36. The number of aliphatic hydroxyl groups excluding tert-OH is 1. The zero-order valence-corrected chi connectivity index (χ0v) is 9.59. The predicted molar refractivity (Wildman–Crippen MR) is 60.7 cm³/mol. The van der Waals surface area contributed by atoms with Gasteiger partial charge in [-0.2, -0.15) is 13.2 Å². The summed E-state index contributed by atoms with van der Waals surface area (Å²) >= 11 is 0. The molecule has 7 nitrogen and oxygen atoms in total. The van der Waals surface area contributed by atoms with Gasteiger partial charge >= 0.3 is 11.9 Å². The number of anilines is 2. The summed E-state index contributed by atoms with van der Waals surface area (Å²) in [6.07, 6.45) is -4.49. The number of rotatable bonds is 5. The Balaban J connectivity index is 3.03. The lowest BCUT2D eigenvalue weighted by molar-refractivity contribution is -0.384. The van der Waals surface area contributed by atoms with Crippen molar-refractivity contribution in [3.63, 3.8) is 0 Å². The van der Waals surface area contributed by atoms with Crippen LogP contribution in [0.4, 0.5) is 30.5 Å². The quantitative estimate of drug-likeness (QED) is 0.614. The molecule has 0 amide bonds. The molecular weight excluding hydrogens is 269 g/mol. The van der Waals surface area contributed by atoms with Crippen LogP contribution in [-0.2, 0) is 0 Å². The van der Waals surface area contributed by atoms with E-state index in [1.807, 2.05) is 0 Å². The SMILES string of the molecule is Nc1nc(N(CCO)CC(F)(F)F)ccc1[N+](=O)[O-]. The Bertz CT molecular complexity index is 467. The van der Waals surface area contributed by atoms with Crippen LogP contribution in [0.25, 0.3) is 0 Å². The van der Waals surface area contributed by atoms with Crippen molar-refractivity contribution in [3.05, 3.63) is 22.2 Å². The molecule has 0 unspecified atom stereocenters. The van der Waals surface area contributed by atoms with Gasteiger partial charge in [0, 0.05) is 12.6 Å². The lowest BCUT2D eigenvalue weighted by atomic mass is 10.3. The second-order valence-electron chi connectivity index (χ2n) is 3.59. The first-order valence-corrected chi connectivity index (χ1v) is 5.08. The maximum Gasteiger partial charge on any atom is 0.405 e. The summed E-state index contributed by atoms with van der Waals surface area (Å²) in [5.41, 5.74) is 4.81. The van der Waals surface area contributed by atoms with Gasteiger partial charge in [0.05, 0.1) is 11.5 Å². The normalized spacial score (nSPS) is 11.4. The van der Waals surface area contributed by atoms with Crippen molar-refractivity contribution in [2.45, 2.75) is 6.18 Å². The Morgan fingerprint density at radius 2 is 2.11 bits per heavy atom. The van der Waals surface area contributed by atoms with Crippen LogP contribution in [0.5, 0.6) is 0 Å². The Labute approximate surface area is 105 Å². The smallest absolute Gasteiger partial charge is 0.395 e. The van der Waals surface area contributed by atoms with Gasteiger partial charge in [-0.15, -0.1) is 0 Å². The number of pyridine rings is 1. The second-order valence-corrected chi connectivity index (χ2v) is 3.59. The number of hydrogen-bond donors (Lipinski definition) is 2. The minimum atomic E-state index is -4.49. The number of aromatic nitrogens is 1. The zero-order valence-electron chi connectivity index (χ0n) is 9.59. The molecule has 0 atom stereocenters. The minimum Gasteiger partial charge on any atom is -0.395 e. The highest BCUT2D eigenvalue weighted by Crippen LogP contribution is 2.25. The molecule has 3 N–H and O–H groups in total. The van der Waals surface area contributed by atoms with E-state index in [9.17, 15) is 23.3 Å². The fourth-order valence-corrected chi connectivity index (χ4v) is 1.40. The standard InChI is InChI=1S/C9H11F3N4O3/c10-9(11,12)5-15(3-4-17)7-2-1-6(16(18)19)8(13)14-7/h1-2,17H,3-5H2,(H2,13,14). The summed E-state index contributed by atoms with van der Waals surface area (Å²) in [6.45, 7) is -2.17. The van der Waals surface area contributed by atoms with Crippen LogP contribution in [0, 0.1) is 10.1 Å². The van der Waals surface area contributed by atoms with Crippen LogP contribution < -0.4 is 10.6 Å². The van der Waals surface area contributed by atoms with E-state index in [0.717, 1.165) is 17.0 Å². The van der Waals surface area contributed by atoms with Crippen molar-refractivity contribution in [2.75, 3.05) is 30.3 Å². The Morgan fingerprint density at radius 1 is 1.47 bits per heavy atom. The molecule has 19 heavy (non-hydrogen) atoms. The average Bonchev–Trinajstić information content (AvgIpc) is 2.26. The average molecular weight is 280 g/mol. The molecule has 0 spiro atoms. The summed E-state index contributed by atoms with van der Waals surface area (Å²) in [7, 11) is 0. The lowest BCUT2D eigenvalue weighted by Gasteiger charge is -2.24. The van der Waals surface area contributed by atoms with Crippen LogP contribution >= 0.6 is 0 Å². The van der Waals surface area contributed by atoms with Crippen molar-refractivity contribution in [2.24, 2.45) is 0 Å². The van der Waals surface area contributed by atoms with Gasteiger partial charge in [-0.3, -0.25) is 10.1 Å². The summed E-state index contributed by atoms with van der Waals surface area (Å²) in [5, 5.41) is 19.2. The highest BCUT2D eigenvalue weighted by molar-refractivity contribution is 5.58. The summed E-state index contributed by atoms with van der Waals surface area (Å²) < 4.78 is 37.0. The monoisotopic (exact) mass is 280 g/mol. The molecule has 10 heteroatoms. The van der Waals surface area contributed by atoms with Crippen LogP contribution in [0.3, 0.4) is 0 Å². The molecule has 0 saturated carbocycles. The Kier molecular flexibility index (Phi) is 4.48. The molecule has 0 aromatic carbocycles. The molecule has 1 heterocycles. The van der Waals surface area contributed by atoms with Crippen LogP contribution in [0.2, 0.25) is 0 Å². The molecule has 0 saturated heterocycles. The molecule has 1 rings (SSSR count). The molecule has 0 bridgehead atoms. The first-order chi connectivity index (χ1) is 8.74. The number of hydrogen-bond acceptors (Lipinski definition) is 6. The van der Waals surface area contributed by atoms with Gasteiger partial charge in [-0.25, -0.2) is 4.98 Å². The van der Waals surface area contributed by atoms with Crippen LogP contribution in [0.15, 0.2) is 12.1 Å². The highest BCUT2D eigenvalue weighted by Gasteiger charge is 2.31. The van der Waals surface area contributed by atoms with Crippen molar-refractivity contribution in [1.29, 1.82) is 0 Å². The number of aliphatic hydroxyl groups is 1. The van der Waals surface area contributed by atoms with Gasteiger partial charge in [-0.05, 0) is 6.07 Å². The number of nitrogen functional groups attached to an aromatic ring is 1. The minimum absolute atomic E-state index is 0.186. The van der Waals surface area contributed by atoms with E-state index in [4.69, 9.17) is 10.8 Å². The Morgan fingerprint density at radius 3 is 2.53 bits per heavy atom. The number of nitrogens with zero attached hydrogens (tertiary/aromatic N) is 3. The van der Waals surface area contributed by atoms with Crippen LogP contribution in [-0.4, -0.2) is 40.9 Å². The maximum atomic E-state index is 12.3. The van der Waals surface area contributed by atoms with E-state index in [0.29, 0.717) is 0 Å². The fourth-order valence-electron chi connectivity index (χ4n) is 1.40. The van der Waals surface area contributed by atoms with E-state index < -0.39 is 35.8 Å². The molecule has 0 radical (unpaired) electrons. The largest absolute Gasteiger partial charge is 0.405 e. The van der Waals surface area contributed by atoms with Gasteiger partial charge in [0.2, 0.25) is 5.82 Å². The molecule has 0 aliphatic rings. The maximum absolute atomic E-state index is 12.3. The van der Waals surface area contributed by atoms with Gasteiger partial charge in [0.1, 0.15) is 12.4 Å². The Hall–Kier alpha value is -2.10. The van der Waals surface area contributed by atoms with Crippen molar-refractivity contribution in [3.8, 4) is 0 Å². The molecule has 106 valence electrons. The molecule has 0 aliphatic heterocycles. The van der Waals surface area contributed by atoms with Gasteiger partial charge in [0.15, 0.2) is 0 Å². The molecular formula is C9H11F3N4O3. The third-order valence-electron chi connectivity index (χ3n) is 2.15. The third kappa shape index (κ3) is 4.25. The molecule has 0 aliphatic carbocycles. The summed E-state index contributed by atoms with van der Waals surface area (Å²) in [5.74, 6) is -0.665. The molecule has 1 aromatic heterocycles. The topological polar surface area (TPSA) is 106 Å². The van der Waals surface area contributed by atoms with E-state index >= 15 is 0 Å². The zero-order chi connectivity index (χ0) is 14.6. The highest BCUT2D eigenvalue weighted by atomic mass is 19.4. The van der Waals surface area contributed by atoms with E-state index in [1.165, 1.54) is 0 Å². The van der Waals surface area contributed by atoms with Crippen molar-refractivity contribution >= 4 is 17.3 Å². The number of nitro groups is 1. The molecule has 0 fully saturated rings. The summed E-state index contributed by atoms with van der Waals surface area (Å²) in [6, 6.07) is 2.02. The number of halogens is 3. The molecule has 1 aromatic rings. The first-order valence-electron chi connectivity index (χ1n) is 5.08. The van der Waals surface area contributed by atoms with E-state index in [-0.39, 0.29) is 12.4 Å². The van der Waals surface area contributed by atoms with Gasteiger partial charge < -0.3 is 15.7 Å². The van der Waals surface area contributed by atoms with E-state index in [1.54, 1.807) is 0 Å². The summed E-state index contributed by atoms with van der Waals surface area (Å²) in [4.78, 5) is 14.0. The first kappa shape index (κ1) is 15.0. The predicted octanol–water partition coefficient (Wildman–Crippen LogP) is 0.933. The fraction of sp³-hybridized carbons (Fsp3) is 0.444. The number of nitrogens with two attached hydrogens (primary N) is 1. The third-order valence-corrected chi connectivity index (χ3v) is 2.15. The van der Waals surface area contributed by atoms with Crippen molar-refractivity contribution in [1.82, 2.24) is 4.98 Å². The van der Waals surface area contributed by atoms with Gasteiger partial charge in [0.25, 0.3) is 0 Å². The van der Waals surface area contributed by atoms with E-state index in [2.05, 4.69) is 4.98 Å². The second kappa shape index (κ2) is 5.69. The van der Waals surface area contributed by atoms with Gasteiger partial charge in [-0.1, -0.05) is 0 Å². The van der Waals surface area contributed by atoms with Crippen molar-refractivity contribution < 1.29 is 23.2 Å². The van der Waals surface area contributed by atoms with Crippen LogP contribution in [0.1, 0.15) is 0 Å². The number of alkyl halides is 3.